The molecule has 4 rings (SSSR count). The molecule has 2 aromatic rings. The molecule has 1 N–H and O–H groups in total. The summed E-state index contributed by atoms with van der Waals surface area (Å²) in [6.07, 6.45) is 1.05. The van der Waals surface area contributed by atoms with E-state index in [1.165, 1.54) is 11.1 Å². The number of rotatable bonds is 2. The highest BCUT2D eigenvalue weighted by molar-refractivity contribution is 5.40. The minimum absolute atomic E-state index is 0.157. The van der Waals surface area contributed by atoms with Crippen LogP contribution in [0.25, 0.3) is 0 Å². The van der Waals surface area contributed by atoms with Crippen molar-refractivity contribution in [1.29, 1.82) is 0 Å². The molecule has 0 unspecified atom stereocenters. The number of nitrogens with one attached hydrogen (secondary N) is 1. The van der Waals surface area contributed by atoms with Crippen LogP contribution in [0, 0.1) is 5.82 Å². The Kier molecular flexibility index (Phi) is 4.60. The van der Waals surface area contributed by atoms with Crippen molar-refractivity contribution in [3.05, 3.63) is 71.0 Å². The Labute approximate surface area is 142 Å². The van der Waals surface area contributed by atoms with E-state index in [-0.39, 0.29) is 11.9 Å². The fourth-order valence-corrected chi connectivity index (χ4v) is 3.90. The zero-order chi connectivity index (χ0) is 16.4. The van der Waals surface area contributed by atoms with Gasteiger partial charge in [0.25, 0.3) is 0 Å². The van der Waals surface area contributed by atoms with Gasteiger partial charge in [0.2, 0.25) is 0 Å². The van der Waals surface area contributed by atoms with Crippen LogP contribution in [-0.4, -0.2) is 43.8 Å². The van der Waals surface area contributed by atoms with Gasteiger partial charge in [0, 0.05) is 25.7 Å². The van der Waals surface area contributed by atoms with Crippen molar-refractivity contribution >= 4 is 0 Å². The van der Waals surface area contributed by atoms with Gasteiger partial charge in [-0.05, 0) is 35.2 Å². The van der Waals surface area contributed by atoms with E-state index in [2.05, 4.69) is 34.5 Å². The second-order valence-corrected chi connectivity index (χ2v) is 6.57. The van der Waals surface area contributed by atoms with E-state index in [1.807, 2.05) is 12.1 Å². The summed E-state index contributed by atoms with van der Waals surface area (Å²) in [5.74, 6) is -0.186. The summed E-state index contributed by atoms with van der Waals surface area (Å²) in [4.78, 5) is 2.52. The first-order chi connectivity index (χ1) is 11.8. The van der Waals surface area contributed by atoms with Crippen molar-refractivity contribution in [3.63, 3.8) is 0 Å². The standard InChI is InChI=1S/C20H23FN2O/c21-17-7-5-16(6-8-17)20-19-4-2-1-3-15(19)9-11-23(20)18-13-22-10-12-24-14-18/h1-8,18,20,22H,9-14H2/t18-,20-/m1/s1. The topological polar surface area (TPSA) is 24.5 Å². The lowest BCUT2D eigenvalue weighted by Gasteiger charge is -2.42. The molecule has 1 saturated heterocycles. The first kappa shape index (κ1) is 15.8. The SMILES string of the molecule is Fc1ccc([C@@H]2c3ccccc3CCN2[C@@H]2CNCCOC2)cc1. The maximum Gasteiger partial charge on any atom is 0.123 e. The molecule has 0 aliphatic carbocycles. The molecule has 0 spiro atoms. The monoisotopic (exact) mass is 326 g/mol. The normalized spacial score (nSPS) is 25.0. The number of hydrogen-bond donors (Lipinski definition) is 1. The fraction of sp³-hybridized carbons (Fsp3) is 0.400. The molecule has 2 atom stereocenters. The lowest BCUT2D eigenvalue weighted by atomic mass is 9.87. The van der Waals surface area contributed by atoms with Crippen LogP contribution >= 0.6 is 0 Å². The van der Waals surface area contributed by atoms with Gasteiger partial charge in [-0.15, -0.1) is 0 Å². The third kappa shape index (κ3) is 3.09. The molecule has 2 heterocycles. The third-order valence-corrected chi connectivity index (χ3v) is 5.09. The molecule has 0 aromatic heterocycles. The fourth-order valence-electron chi connectivity index (χ4n) is 3.90. The van der Waals surface area contributed by atoms with Crippen molar-refractivity contribution in [2.75, 3.05) is 32.8 Å². The first-order valence-corrected chi connectivity index (χ1v) is 8.70. The molecule has 0 saturated carbocycles. The van der Waals surface area contributed by atoms with Crippen LogP contribution in [0.1, 0.15) is 22.7 Å². The van der Waals surface area contributed by atoms with Gasteiger partial charge in [0.05, 0.1) is 19.3 Å². The lowest BCUT2D eigenvalue weighted by Crippen LogP contribution is -2.48. The van der Waals surface area contributed by atoms with E-state index < -0.39 is 0 Å². The van der Waals surface area contributed by atoms with Crippen LogP contribution in [0.2, 0.25) is 0 Å². The Morgan fingerprint density at radius 2 is 1.92 bits per heavy atom. The average Bonchev–Trinajstić information content (AvgIpc) is 2.91. The van der Waals surface area contributed by atoms with Crippen LogP contribution in [0.5, 0.6) is 0 Å². The second kappa shape index (κ2) is 7.01. The second-order valence-electron chi connectivity index (χ2n) is 6.57. The summed E-state index contributed by atoms with van der Waals surface area (Å²) < 4.78 is 19.2. The Morgan fingerprint density at radius 1 is 1.08 bits per heavy atom. The van der Waals surface area contributed by atoms with Crippen molar-refractivity contribution in [2.45, 2.75) is 18.5 Å². The predicted molar refractivity (Wildman–Crippen MR) is 92.6 cm³/mol. The molecule has 0 radical (unpaired) electrons. The highest BCUT2D eigenvalue weighted by Crippen LogP contribution is 2.36. The molecule has 24 heavy (non-hydrogen) atoms. The number of halogens is 1. The molecule has 126 valence electrons. The summed E-state index contributed by atoms with van der Waals surface area (Å²) in [6, 6.07) is 16.1. The number of fused-ring (bicyclic) bond motifs is 1. The lowest BCUT2D eigenvalue weighted by molar-refractivity contribution is 0.0610. The van der Waals surface area contributed by atoms with Gasteiger partial charge in [-0.25, -0.2) is 4.39 Å². The highest BCUT2D eigenvalue weighted by Gasteiger charge is 2.33. The molecule has 0 amide bonds. The summed E-state index contributed by atoms with van der Waals surface area (Å²) in [7, 11) is 0. The van der Waals surface area contributed by atoms with E-state index in [9.17, 15) is 4.39 Å². The van der Waals surface area contributed by atoms with Crippen LogP contribution in [0.15, 0.2) is 48.5 Å². The Bertz CT molecular complexity index is 680. The predicted octanol–water partition coefficient (Wildman–Crippen LogP) is 2.76. The van der Waals surface area contributed by atoms with Gasteiger partial charge in [0.1, 0.15) is 5.82 Å². The third-order valence-electron chi connectivity index (χ3n) is 5.09. The van der Waals surface area contributed by atoms with Crippen molar-refractivity contribution in [3.8, 4) is 0 Å². The van der Waals surface area contributed by atoms with Crippen LogP contribution in [-0.2, 0) is 11.2 Å². The summed E-state index contributed by atoms with van der Waals surface area (Å²) in [5.41, 5.74) is 3.87. The van der Waals surface area contributed by atoms with E-state index >= 15 is 0 Å². The quantitative estimate of drug-likeness (QED) is 0.918. The van der Waals surface area contributed by atoms with Crippen molar-refractivity contribution in [1.82, 2.24) is 10.2 Å². The number of benzene rings is 2. The van der Waals surface area contributed by atoms with Gasteiger partial charge >= 0.3 is 0 Å². The first-order valence-electron chi connectivity index (χ1n) is 8.70. The van der Waals surface area contributed by atoms with Gasteiger partial charge in [-0.3, -0.25) is 4.90 Å². The van der Waals surface area contributed by atoms with Gasteiger partial charge in [0.15, 0.2) is 0 Å². The molecule has 4 heteroatoms. The average molecular weight is 326 g/mol. The van der Waals surface area contributed by atoms with Gasteiger partial charge in [-0.1, -0.05) is 36.4 Å². The molecule has 2 aliphatic rings. The van der Waals surface area contributed by atoms with Crippen LogP contribution in [0.4, 0.5) is 4.39 Å². The summed E-state index contributed by atoms with van der Waals surface area (Å²) in [6.45, 7) is 4.34. The minimum Gasteiger partial charge on any atom is -0.378 e. The van der Waals surface area contributed by atoms with Crippen LogP contribution in [0.3, 0.4) is 0 Å². The number of hydrogen-bond acceptors (Lipinski definition) is 3. The van der Waals surface area contributed by atoms with E-state index in [0.29, 0.717) is 6.04 Å². The molecule has 0 bridgehead atoms. The summed E-state index contributed by atoms with van der Waals surface area (Å²) in [5, 5.41) is 3.47. The van der Waals surface area contributed by atoms with Gasteiger partial charge < -0.3 is 10.1 Å². The number of nitrogens with zero attached hydrogens (tertiary/aromatic N) is 1. The smallest absolute Gasteiger partial charge is 0.123 e. The minimum atomic E-state index is -0.186. The van der Waals surface area contributed by atoms with E-state index in [1.54, 1.807) is 12.1 Å². The molecule has 2 aliphatic heterocycles. The van der Waals surface area contributed by atoms with Gasteiger partial charge in [-0.2, -0.15) is 0 Å². The zero-order valence-corrected chi connectivity index (χ0v) is 13.7. The molecule has 2 aromatic carbocycles. The molecular weight excluding hydrogens is 303 g/mol. The maximum atomic E-state index is 13.4. The Balaban J connectivity index is 1.73. The Morgan fingerprint density at radius 3 is 2.79 bits per heavy atom. The molecule has 3 nitrogen and oxygen atoms in total. The molecule has 1 fully saturated rings. The largest absolute Gasteiger partial charge is 0.378 e. The van der Waals surface area contributed by atoms with E-state index in [4.69, 9.17) is 4.74 Å². The Hall–Kier alpha value is -1.75. The van der Waals surface area contributed by atoms with Crippen LogP contribution < -0.4 is 5.32 Å². The maximum absolute atomic E-state index is 13.4. The summed E-state index contributed by atoms with van der Waals surface area (Å²) >= 11 is 0. The van der Waals surface area contributed by atoms with E-state index in [0.717, 1.165) is 44.8 Å². The number of ether oxygens (including phenoxy) is 1. The van der Waals surface area contributed by atoms with Crippen molar-refractivity contribution < 1.29 is 9.13 Å². The highest BCUT2D eigenvalue weighted by atomic mass is 19.1. The zero-order valence-electron chi connectivity index (χ0n) is 13.7. The molecular formula is C20H23FN2O. The van der Waals surface area contributed by atoms with Crippen molar-refractivity contribution in [2.24, 2.45) is 0 Å².